The molecule has 5 heteroatoms. The Labute approximate surface area is 111 Å². The Morgan fingerprint density at radius 2 is 2.16 bits per heavy atom. The molecule has 102 valence electrons. The summed E-state index contributed by atoms with van der Waals surface area (Å²) in [7, 11) is 0. The van der Waals surface area contributed by atoms with E-state index < -0.39 is 5.97 Å². The van der Waals surface area contributed by atoms with Crippen molar-refractivity contribution < 1.29 is 19.4 Å². The number of anilines is 1. The Hall–Kier alpha value is -1.88. The van der Waals surface area contributed by atoms with Crippen LogP contribution in [0.3, 0.4) is 0 Å². The largest absolute Gasteiger partial charge is 0.478 e. The molecule has 1 aliphatic rings. The van der Waals surface area contributed by atoms with Crippen LogP contribution in [0.15, 0.2) is 18.2 Å². The summed E-state index contributed by atoms with van der Waals surface area (Å²) < 4.78 is 5.37. The fourth-order valence-electron chi connectivity index (χ4n) is 2.24. The van der Waals surface area contributed by atoms with E-state index in [0.717, 1.165) is 12.0 Å². The highest BCUT2D eigenvalue weighted by atomic mass is 16.5. The molecule has 2 atom stereocenters. The maximum atomic E-state index is 12.1. The van der Waals surface area contributed by atoms with Gasteiger partial charge >= 0.3 is 5.97 Å². The van der Waals surface area contributed by atoms with E-state index in [1.54, 1.807) is 19.1 Å². The van der Waals surface area contributed by atoms with Crippen molar-refractivity contribution in [1.82, 2.24) is 0 Å². The van der Waals surface area contributed by atoms with Crippen molar-refractivity contribution in [2.24, 2.45) is 5.92 Å². The lowest BCUT2D eigenvalue weighted by atomic mass is 10.0. The third-order valence-electron chi connectivity index (χ3n) is 3.44. The van der Waals surface area contributed by atoms with Gasteiger partial charge in [0.1, 0.15) is 0 Å². The Morgan fingerprint density at radius 1 is 1.42 bits per heavy atom. The normalized spacial score (nSPS) is 22.2. The number of rotatable bonds is 3. The molecule has 0 bridgehead atoms. The zero-order chi connectivity index (χ0) is 14.0. The Balaban J connectivity index is 2.11. The highest BCUT2D eigenvalue weighted by Gasteiger charge is 2.30. The predicted molar refractivity (Wildman–Crippen MR) is 70.3 cm³/mol. The molecule has 0 aliphatic carbocycles. The van der Waals surface area contributed by atoms with Crippen molar-refractivity contribution in [3.05, 3.63) is 29.3 Å². The zero-order valence-electron chi connectivity index (χ0n) is 11.0. The van der Waals surface area contributed by atoms with E-state index in [0.29, 0.717) is 12.3 Å². The van der Waals surface area contributed by atoms with E-state index in [2.05, 4.69) is 5.32 Å². The first-order valence-electron chi connectivity index (χ1n) is 6.25. The van der Waals surface area contributed by atoms with Gasteiger partial charge in [0, 0.05) is 12.3 Å². The molecule has 1 amide bonds. The van der Waals surface area contributed by atoms with E-state index in [4.69, 9.17) is 9.84 Å². The van der Waals surface area contributed by atoms with Crippen molar-refractivity contribution in [2.45, 2.75) is 26.4 Å². The summed E-state index contributed by atoms with van der Waals surface area (Å²) in [5.41, 5.74) is 1.60. The monoisotopic (exact) mass is 263 g/mol. The number of carboxylic acids is 1. The van der Waals surface area contributed by atoms with E-state index in [-0.39, 0.29) is 23.5 Å². The molecule has 1 aromatic carbocycles. The molecular formula is C14H17NO4. The quantitative estimate of drug-likeness (QED) is 0.875. The van der Waals surface area contributed by atoms with Gasteiger partial charge in [0.2, 0.25) is 5.91 Å². The molecule has 0 radical (unpaired) electrons. The van der Waals surface area contributed by atoms with Crippen LogP contribution in [0.4, 0.5) is 5.69 Å². The van der Waals surface area contributed by atoms with E-state index in [1.807, 2.05) is 6.92 Å². The first-order valence-corrected chi connectivity index (χ1v) is 6.25. The molecule has 0 spiro atoms. The lowest BCUT2D eigenvalue weighted by Crippen LogP contribution is -2.28. The summed E-state index contributed by atoms with van der Waals surface area (Å²) in [6, 6.07) is 4.66. The third-order valence-corrected chi connectivity index (χ3v) is 3.44. The molecule has 19 heavy (non-hydrogen) atoms. The second-order valence-electron chi connectivity index (χ2n) is 4.80. The first-order chi connectivity index (χ1) is 8.99. The van der Waals surface area contributed by atoms with Gasteiger partial charge in [-0.25, -0.2) is 4.79 Å². The van der Waals surface area contributed by atoms with Crippen LogP contribution in [0, 0.1) is 12.8 Å². The maximum Gasteiger partial charge on any atom is 0.335 e. The number of hydrogen-bond acceptors (Lipinski definition) is 3. The van der Waals surface area contributed by atoms with Gasteiger partial charge in [0.05, 0.1) is 17.6 Å². The molecule has 1 aromatic rings. The van der Waals surface area contributed by atoms with Gasteiger partial charge in [-0.1, -0.05) is 0 Å². The number of nitrogens with one attached hydrogen (secondary N) is 1. The molecule has 1 fully saturated rings. The summed E-state index contributed by atoms with van der Waals surface area (Å²) in [5, 5.41) is 11.7. The molecule has 5 nitrogen and oxygen atoms in total. The number of hydrogen-bond donors (Lipinski definition) is 2. The molecule has 1 heterocycles. The molecular weight excluding hydrogens is 246 g/mol. The molecule has 2 N–H and O–H groups in total. The summed E-state index contributed by atoms with van der Waals surface area (Å²) in [4.78, 5) is 22.9. The average Bonchev–Trinajstić information content (AvgIpc) is 2.77. The SMILES string of the molecule is Cc1cc(C(=O)O)ccc1NC(=O)C1CCOC1C. The second kappa shape index (κ2) is 5.40. The van der Waals surface area contributed by atoms with Gasteiger partial charge in [-0.3, -0.25) is 4.79 Å². The topological polar surface area (TPSA) is 75.6 Å². The van der Waals surface area contributed by atoms with E-state index in [1.165, 1.54) is 6.07 Å². The number of carbonyl (C=O) groups excluding carboxylic acids is 1. The standard InChI is InChI=1S/C14H17NO4/c1-8-7-10(14(17)18)3-4-12(8)15-13(16)11-5-6-19-9(11)2/h3-4,7,9,11H,5-6H2,1-2H3,(H,15,16)(H,17,18). The smallest absolute Gasteiger partial charge is 0.335 e. The van der Waals surface area contributed by atoms with E-state index >= 15 is 0 Å². The number of amides is 1. The number of carboxylic acid groups (broad SMARTS) is 1. The predicted octanol–water partition coefficient (Wildman–Crippen LogP) is 2.06. The average molecular weight is 263 g/mol. The number of aromatic carboxylic acids is 1. The van der Waals surface area contributed by atoms with E-state index in [9.17, 15) is 9.59 Å². The van der Waals surface area contributed by atoms with Crippen LogP contribution in [0.25, 0.3) is 0 Å². The van der Waals surface area contributed by atoms with Gasteiger partial charge < -0.3 is 15.2 Å². The number of benzene rings is 1. The summed E-state index contributed by atoms with van der Waals surface area (Å²) in [6.07, 6.45) is 0.651. The van der Waals surface area contributed by atoms with Gasteiger partial charge in [-0.05, 0) is 44.0 Å². The van der Waals surface area contributed by atoms with Crippen molar-refractivity contribution in [3.8, 4) is 0 Å². The van der Waals surface area contributed by atoms with Crippen LogP contribution < -0.4 is 5.32 Å². The van der Waals surface area contributed by atoms with Gasteiger partial charge in [0.25, 0.3) is 0 Å². The maximum absolute atomic E-state index is 12.1. The number of carbonyl (C=O) groups is 2. The highest BCUT2D eigenvalue weighted by molar-refractivity contribution is 5.95. The highest BCUT2D eigenvalue weighted by Crippen LogP contribution is 2.23. The lowest BCUT2D eigenvalue weighted by Gasteiger charge is -2.15. The minimum atomic E-state index is -0.973. The Morgan fingerprint density at radius 3 is 2.68 bits per heavy atom. The fraction of sp³-hybridized carbons (Fsp3) is 0.429. The molecule has 2 rings (SSSR count). The number of aryl methyl sites for hydroxylation is 1. The first kappa shape index (κ1) is 13.5. The molecule has 0 saturated carbocycles. The van der Waals surface area contributed by atoms with Gasteiger partial charge in [-0.2, -0.15) is 0 Å². The summed E-state index contributed by atoms with van der Waals surface area (Å²) in [5.74, 6) is -1.19. The Bertz CT molecular complexity index is 512. The number of ether oxygens (including phenoxy) is 1. The van der Waals surface area contributed by atoms with Crippen molar-refractivity contribution in [2.75, 3.05) is 11.9 Å². The Kier molecular flexibility index (Phi) is 3.85. The van der Waals surface area contributed by atoms with Gasteiger partial charge in [-0.15, -0.1) is 0 Å². The van der Waals surface area contributed by atoms with Crippen molar-refractivity contribution >= 4 is 17.6 Å². The van der Waals surface area contributed by atoms with Gasteiger partial charge in [0.15, 0.2) is 0 Å². The zero-order valence-corrected chi connectivity index (χ0v) is 11.0. The molecule has 0 aromatic heterocycles. The van der Waals surface area contributed by atoms with Crippen molar-refractivity contribution in [1.29, 1.82) is 0 Å². The third kappa shape index (κ3) is 2.93. The summed E-state index contributed by atoms with van der Waals surface area (Å²) in [6.45, 7) is 4.27. The van der Waals surface area contributed by atoms with Crippen LogP contribution in [0.1, 0.15) is 29.3 Å². The second-order valence-corrected chi connectivity index (χ2v) is 4.80. The minimum Gasteiger partial charge on any atom is -0.478 e. The van der Waals surface area contributed by atoms with Crippen molar-refractivity contribution in [3.63, 3.8) is 0 Å². The molecule has 1 aliphatic heterocycles. The van der Waals surface area contributed by atoms with Crippen LogP contribution in [-0.2, 0) is 9.53 Å². The van der Waals surface area contributed by atoms with Crippen LogP contribution in [-0.4, -0.2) is 29.7 Å². The molecule has 2 unspecified atom stereocenters. The molecule has 1 saturated heterocycles. The lowest BCUT2D eigenvalue weighted by molar-refractivity contribution is -0.121. The summed E-state index contributed by atoms with van der Waals surface area (Å²) >= 11 is 0. The fourth-order valence-corrected chi connectivity index (χ4v) is 2.24. The van der Waals surface area contributed by atoms with Crippen LogP contribution >= 0.6 is 0 Å². The minimum absolute atomic E-state index is 0.0707. The van der Waals surface area contributed by atoms with Crippen LogP contribution in [0.5, 0.6) is 0 Å². The van der Waals surface area contributed by atoms with Crippen LogP contribution in [0.2, 0.25) is 0 Å².